The number of rotatable bonds is 6. The largest absolute Gasteiger partial charge is 0.398 e. The van der Waals surface area contributed by atoms with Crippen LogP contribution in [0, 0.1) is 5.82 Å². The number of nitrogens with one attached hydrogen (secondary N) is 1. The van der Waals surface area contributed by atoms with Gasteiger partial charge in [0.15, 0.2) is 0 Å². The molecule has 0 radical (unpaired) electrons. The van der Waals surface area contributed by atoms with Gasteiger partial charge < -0.3 is 5.73 Å². The summed E-state index contributed by atoms with van der Waals surface area (Å²) in [6.45, 7) is 2.24. The molecule has 0 bridgehead atoms. The molecule has 0 spiro atoms. The number of hydrogen-bond donors (Lipinski definition) is 2. The van der Waals surface area contributed by atoms with Gasteiger partial charge in [-0.1, -0.05) is 18.2 Å². The summed E-state index contributed by atoms with van der Waals surface area (Å²) < 4.78 is 16.4. The number of aryl methyl sites for hydroxylation is 2. The van der Waals surface area contributed by atoms with E-state index in [4.69, 9.17) is 5.73 Å². The molecule has 2 aromatic carbocycles. The van der Waals surface area contributed by atoms with Crippen molar-refractivity contribution in [2.24, 2.45) is 0 Å². The Balaban J connectivity index is 1.58. The molecule has 0 heterocycles. The van der Waals surface area contributed by atoms with E-state index in [0.717, 1.165) is 34.6 Å². The molecule has 0 saturated heterocycles. The SMILES string of the molecule is CC1(NSc2ccc(CCc3ccc(F)cc3)c(N)c2)CC1. The molecule has 3 N–H and O–H groups in total. The summed E-state index contributed by atoms with van der Waals surface area (Å²) in [4.78, 5) is 1.15. The van der Waals surface area contributed by atoms with Crippen LogP contribution >= 0.6 is 11.9 Å². The summed E-state index contributed by atoms with van der Waals surface area (Å²) in [5.41, 5.74) is 9.57. The Bertz CT molecular complexity index is 651. The van der Waals surface area contributed by atoms with E-state index in [0.29, 0.717) is 5.54 Å². The summed E-state index contributed by atoms with van der Waals surface area (Å²) >= 11 is 1.66. The van der Waals surface area contributed by atoms with E-state index in [1.165, 1.54) is 25.0 Å². The van der Waals surface area contributed by atoms with Crippen LogP contribution in [0.15, 0.2) is 47.4 Å². The van der Waals surface area contributed by atoms with Crippen molar-refractivity contribution >= 4 is 17.6 Å². The summed E-state index contributed by atoms with van der Waals surface area (Å²) in [5, 5.41) is 0. The van der Waals surface area contributed by atoms with Crippen LogP contribution in [0.5, 0.6) is 0 Å². The molecule has 2 nitrogen and oxygen atoms in total. The van der Waals surface area contributed by atoms with Gasteiger partial charge in [0.25, 0.3) is 0 Å². The van der Waals surface area contributed by atoms with Crippen LogP contribution in [0.4, 0.5) is 10.1 Å². The van der Waals surface area contributed by atoms with Gasteiger partial charge in [0.05, 0.1) is 0 Å². The molecular weight excluding hydrogens is 295 g/mol. The summed E-state index contributed by atoms with van der Waals surface area (Å²) in [7, 11) is 0. The molecule has 1 aliphatic rings. The van der Waals surface area contributed by atoms with Crippen molar-refractivity contribution in [1.29, 1.82) is 0 Å². The van der Waals surface area contributed by atoms with Gasteiger partial charge in [-0.2, -0.15) is 0 Å². The van der Waals surface area contributed by atoms with Crippen LogP contribution < -0.4 is 10.5 Å². The fourth-order valence-corrected chi connectivity index (χ4v) is 3.16. The minimum atomic E-state index is -0.193. The highest BCUT2D eigenvalue weighted by Crippen LogP contribution is 2.37. The monoisotopic (exact) mass is 316 g/mol. The van der Waals surface area contributed by atoms with Gasteiger partial charge in [0.1, 0.15) is 5.82 Å². The van der Waals surface area contributed by atoms with Gasteiger partial charge in [0.2, 0.25) is 0 Å². The first-order valence-corrected chi connectivity index (χ1v) is 8.43. The third-order valence-electron chi connectivity index (χ3n) is 4.13. The van der Waals surface area contributed by atoms with Crippen molar-refractivity contribution in [3.05, 3.63) is 59.4 Å². The van der Waals surface area contributed by atoms with E-state index in [9.17, 15) is 4.39 Å². The first kappa shape index (κ1) is 15.4. The van der Waals surface area contributed by atoms with Crippen molar-refractivity contribution in [1.82, 2.24) is 4.72 Å². The average Bonchev–Trinajstić information content (AvgIpc) is 3.24. The first-order chi connectivity index (χ1) is 10.5. The third kappa shape index (κ3) is 4.02. The maximum atomic E-state index is 12.9. The Morgan fingerprint density at radius 1 is 1.14 bits per heavy atom. The number of halogens is 1. The topological polar surface area (TPSA) is 38.0 Å². The van der Waals surface area contributed by atoms with E-state index in [-0.39, 0.29) is 5.82 Å². The Morgan fingerprint density at radius 2 is 1.86 bits per heavy atom. The number of nitrogens with two attached hydrogens (primary N) is 1. The van der Waals surface area contributed by atoms with E-state index in [2.05, 4.69) is 23.8 Å². The molecule has 22 heavy (non-hydrogen) atoms. The Morgan fingerprint density at radius 3 is 2.50 bits per heavy atom. The second-order valence-electron chi connectivity index (χ2n) is 6.25. The number of nitrogen functional groups attached to an aromatic ring is 1. The van der Waals surface area contributed by atoms with Crippen molar-refractivity contribution < 1.29 is 4.39 Å². The second-order valence-corrected chi connectivity index (χ2v) is 7.13. The molecule has 2 aromatic rings. The van der Waals surface area contributed by atoms with Crippen molar-refractivity contribution in [3.8, 4) is 0 Å². The van der Waals surface area contributed by atoms with Crippen LogP contribution in [-0.4, -0.2) is 5.54 Å². The molecule has 0 unspecified atom stereocenters. The minimum absolute atomic E-state index is 0.193. The van der Waals surface area contributed by atoms with E-state index in [1.807, 2.05) is 18.2 Å². The molecule has 4 heteroatoms. The number of benzene rings is 2. The van der Waals surface area contributed by atoms with Crippen LogP contribution in [0.25, 0.3) is 0 Å². The highest BCUT2D eigenvalue weighted by molar-refractivity contribution is 7.97. The predicted octanol–water partition coefficient (Wildman–Crippen LogP) is 4.34. The normalized spacial score (nSPS) is 15.7. The van der Waals surface area contributed by atoms with Crippen molar-refractivity contribution in [3.63, 3.8) is 0 Å². The van der Waals surface area contributed by atoms with E-state index >= 15 is 0 Å². The average molecular weight is 316 g/mol. The first-order valence-electron chi connectivity index (χ1n) is 7.61. The molecule has 116 valence electrons. The standard InChI is InChI=1S/C18H21FN2S/c1-18(10-11-18)21-22-16-9-6-14(17(20)12-16)5-2-13-3-7-15(19)8-4-13/h3-4,6-9,12,21H,2,5,10-11,20H2,1H3. The maximum absolute atomic E-state index is 12.9. The lowest BCUT2D eigenvalue weighted by Gasteiger charge is -2.12. The van der Waals surface area contributed by atoms with Gasteiger partial charge in [-0.05, 0) is 79.9 Å². The van der Waals surface area contributed by atoms with Gasteiger partial charge in [-0.15, -0.1) is 0 Å². The zero-order valence-corrected chi connectivity index (χ0v) is 13.5. The van der Waals surface area contributed by atoms with E-state index < -0.39 is 0 Å². The lowest BCUT2D eigenvalue weighted by atomic mass is 10.0. The Hall–Kier alpha value is -1.52. The van der Waals surface area contributed by atoms with Crippen LogP contribution in [0.2, 0.25) is 0 Å². The molecule has 0 amide bonds. The molecule has 0 aromatic heterocycles. The van der Waals surface area contributed by atoms with Crippen molar-refractivity contribution in [2.45, 2.75) is 43.0 Å². The summed E-state index contributed by atoms with van der Waals surface area (Å²) in [5.74, 6) is -0.193. The molecule has 1 fully saturated rings. The van der Waals surface area contributed by atoms with Gasteiger partial charge in [-0.3, -0.25) is 4.72 Å². The molecule has 3 rings (SSSR count). The zero-order chi connectivity index (χ0) is 15.6. The summed E-state index contributed by atoms with van der Waals surface area (Å²) in [6.07, 6.45) is 4.22. The van der Waals surface area contributed by atoms with Crippen LogP contribution in [0.3, 0.4) is 0 Å². The maximum Gasteiger partial charge on any atom is 0.123 e. The molecular formula is C18H21FN2S. The number of anilines is 1. The second kappa shape index (κ2) is 6.31. The highest BCUT2D eigenvalue weighted by atomic mass is 32.2. The fourth-order valence-electron chi connectivity index (χ4n) is 2.27. The van der Waals surface area contributed by atoms with Crippen LogP contribution in [-0.2, 0) is 12.8 Å². The highest BCUT2D eigenvalue weighted by Gasteiger charge is 2.36. The molecule has 0 aliphatic heterocycles. The Labute approximate surface area is 135 Å². The molecule has 0 atom stereocenters. The van der Waals surface area contributed by atoms with E-state index in [1.54, 1.807) is 11.9 Å². The Kier molecular flexibility index (Phi) is 4.41. The molecule has 1 aliphatic carbocycles. The summed E-state index contributed by atoms with van der Waals surface area (Å²) in [6, 6.07) is 12.9. The van der Waals surface area contributed by atoms with Crippen molar-refractivity contribution in [2.75, 3.05) is 5.73 Å². The lowest BCUT2D eigenvalue weighted by molar-refractivity contribution is 0.627. The fraction of sp³-hybridized carbons (Fsp3) is 0.333. The third-order valence-corrected chi connectivity index (χ3v) is 5.21. The quantitative estimate of drug-likeness (QED) is 0.615. The van der Waals surface area contributed by atoms with Gasteiger partial charge >= 0.3 is 0 Å². The predicted molar refractivity (Wildman–Crippen MR) is 91.3 cm³/mol. The van der Waals surface area contributed by atoms with Gasteiger partial charge in [0, 0.05) is 16.1 Å². The molecule has 1 saturated carbocycles. The smallest absolute Gasteiger partial charge is 0.123 e. The minimum Gasteiger partial charge on any atom is -0.398 e. The zero-order valence-electron chi connectivity index (χ0n) is 12.7. The number of hydrogen-bond acceptors (Lipinski definition) is 3. The lowest BCUT2D eigenvalue weighted by Crippen LogP contribution is -2.19. The van der Waals surface area contributed by atoms with Crippen LogP contribution in [0.1, 0.15) is 30.9 Å². The van der Waals surface area contributed by atoms with Gasteiger partial charge in [-0.25, -0.2) is 4.39 Å².